The van der Waals surface area contributed by atoms with Gasteiger partial charge in [0, 0.05) is 23.8 Å². The number of amides is 2. The molecule has 2 atom stereocenters. The summed E-state index contributed by atoms with van der Waals surface area (Å²) in [5, 5.41) is 2.90. The second kappa shape index (κ2) is 7.27. The minimum Gasteiger partial charge on any atom is -0.346 e. The van der Waals surface area contributed by atoms with Gasteiger partial charge in [-0.05, 0) is 37.5 Å². The van der Waals surface area contributed by atoms with Crippen LogP contribution in [0.5, 0.6) is 0 Å². The molecule has 0 heterocycles. The molecule has 1 aromatic carbocycles. The molecule has 120 valence electrons. The highest BCUT2D eigenvalue weighted by molar-refractivity contribution is 9.10. The van der Waals surface area contributed by atoms with Gasteiger partial charge in [0.15, 0.2) is 0 Å². The van der Waals surface area contributed by atoms with Gasteiger partial charge in [0.1, 0.15) is 0 Å². The second-order valence-electron chi connectivity index (χ2n) is 6.02. The summed E-state index contributed by atoms with van der Waals surface area (Å²) in [4.78, 5) is 26.2. The van der Waals surface area contributed by atoms with Gasteiger partial charge in [-0.1, -0.05) is 35.3 Å². The third-order valence-electron chi connectivity index (χ3n) is 4.11. The van der Waals surface area contributed by atoms with E-state index >= 15 is 0 Å². The average molecular weight is 367 g/mol. The lowest BCUT2D eigenvalue weighted by Crippen LogP contribution is -2.30. The van der Waals surface area contributed by atoms with Gasteiger partial charge >= 0.3 is 0 Å². The number of aryl methyl sites for hydroxylation is 1. The average Bonchev–Trinajstić information content (AvgIpc) is 3.28. The lowest BCUT2D eigenvalue weighted by molar-refractivity contribution is -0.132. The Morgan fingerprint density at radius 2 is 2.09 bits per heavy atom. The molecule has 2 rings (SSSR count). The molecule has 4 nitrogen and oxygen atoms in total. The summed E-state index contributed by atoms with van der Waals surface area (Å²) < 4.78 is 0.966. The van der Waals surface area contributed by atoms with Crippen LogP contribution in [-0.2, 0) is 9.59 Å². The standard InChI is InChI=1S/C17H23BrN2O2/c1-4-5-8-20(3)17(22)14-10-13(14)16(21)19-12-7-6-11(2)15(18)9-12/h6-7,9,13-14H,4-5,8,10H2,1-3H3,(H,19,21). The third-order valence-corrected chi connectivity index (χ3v) is 4.96. The monoisotopic (exact) mass is 366 g/mol. The first-order valence-corrected chi connectivity index (χ1v) is 8.55. The van der Waals surface area contributed by atoms with Crippen molar-refractivity contribution in [2.45, 2.75) is 33.1 Å². The number of nitrogens with one attached hydrogen (secondary N) is 1. The largest absolute Gasteiger partial charge is 0.346 e. The van der Waals surface area contributed by atoms with Crippen molar-refractivity contribution in [2.24, 2.45) is 11.8 Å². The van der Waals surface area contributed by atoms with Gasteiger partial charge in [0.25, 0.3) is 0 Å². The predicted molar refractivity (Wildman–Crippen MR) is 91.7 cm³/mol. The second-order valence-corrected chi connectivity index (χ2v) is 6.87. The Balaban J connectivity index is 1.87. The maximum atomic E-state index is 12.2. The van der Waals surface area contributed by atoms with Crippen LogP contribution in [0.3, 0.4) is 0 Å². The van der Waals surface area contributed by atoms with Crippen molar-refractivity contribution in [3.63, 3.8) is 0 Å². The summed E-state index contributed by atoms with van der Waals surface area (Å²) in [5.41, 5.74) is 1.88. The fraction of sp³-hybridized carbons (Fsp3) is 0.529. The highest BCUT2D eigenvalue weighted by atomic mass is 79.9. The lowest BCUT2D eigenvalue weighted by atomic mass is 10.2. The minimum atomic E-state index is -0.184. The fourth-order valence-electron chi connectivity index (χ4n) is 2.45. The van der Waals surface area contributed by atoms with E-state index in [2.05, 4.69) is 28.2 Å². The number of carbonyl (C=O) groups excluding carboxylic acids is 2. The van der Waals surface area contributed by atoms with Crippen LogP contribution in [-0.4, -0.2) is 30.3 Å². The quantitative estimate of drug-likeness (QED) is 0.835. The molecule has 0 aliphatic heterocycles. The van der Waals surface area contributed by atoms with Gasteiger partial charge in [0.05, 0.1) is 11.8 Å². The Labute approximate surface area is 140 Å². The Morgan fingerprint density at radius 3 is 2.73 bits per heavy atom. The molecule has 0 spiro atoms. The van der Waals surface area contributed by atoms with E-state index in [1.165, 1.54) is 0 Å². The molecule has 5 heteroatoms. The van der Waals surface area contributed by atoms with Crippen molar-refractivity contribution in [3.05, 3.63) is 28.2 Å². The van der Waals surface area contributed by atoms with E-state index in [0.717, 1.165) is 35.1 Å². The summed E-state index contributed by atoms with van der Waals surface area (Å²) in [5.74, 6) is -0.288. The Bertz CT molecular complexity index is 574. The molecule has 1 aliphatic rings. The number of rotatable bonds is 6. The Kier molecular flexibility index (Phi) is 5.62. The predicted octanol–water partition coefficient (Wildman–Crippen LogP) is 3.59. The van der Waals surface area contributed by atoms with Crippen LogP contribution >= 0.6 is 15.9 Å². The molecule has 1 saturated carbocycles. The first kappa shape index (κ1) is 17.0. The molecule has 0 saturated heterocycles. The molecule has 1 aliphatic carbocycles. The van der Waals surface area contributed by atoms with Crippen molar-refractivity contribution in [1.29, 1.82) is 0 Å². The molecule has 0 aromatic heterocycles. The molecule has 0 bridgehead atoms. The van der Waals surface area contributed by atoms with Gasteiger partial charge in [0.2, 0.25) is 11.8 Å². The topological polar surface area (TPSA) is 49.4 Å². The van der Waals surface area contributed by atoms with Crippen LogP contribution in [0.1, 0.15) is 31.7 Å². The first-order chi connectivity index (χ1) is 10.4. The van der Waals surface area contributed by atoms with Crippen molar-refractivity contribution >= 4 is 33.4 Å². The molecule has 0 radical (unpaired) electrons. The third kappa shape index (κ3) is 4.09. The van der Waals surface area contributed by atoms with Gasteiger partial charge < -0.3 is 10.2 Å². The van der Waals surface area contributed by atoms with E-state index < -0.39 is 0 Å². The van der Waals surface area contributed by atoms with Crippen molar-refractivity contribution in [3.8, 4) is 0 Å². The molecule has 1 N–H and O–H groups in total. The maximum absolute atomic E-state index is 12.2. The summed E-state index contributed by atoms with van der Waals surface area (Å²) in [7, 11) is 1.82. The number of carbonyl (C=O) groups is 2. The summed E-state index contributed by atoms with van der Waals surface area (Å²) in [6, 6.07) is 5.72. The Hall–Kier alpha value is -1.36. The minimum absolute atomic E-state index is 0.0574. The zero-order valence-electron chi connectivity index (χ0n) is 13.4. The van der Waals surface area contributed by atoms with E-state index in [9.17, 15) is 9.59 Å². The number of unbranched alkanes of at least 4 members (excludes halogenated alkanes) is 1. The number of benzene rings is 1. The van der Waals surface area contributed by atoms with Gasteiger partial charge in [-0.25, -0.2) is 0 Å². The van der Waals surface area contributed by atoms with E-state index in [0.29, 0.717) is 6.42 Å². The highest BCUT2D eigenvalue weighted by Crippen LogP contribution is 2.40. The van der Waals surface area contributed by atoms with E-state index in [-0.39, 0.29) is 23.7 Å². The highest BCUT2D eigenvalue weighted by Gasteiger charge is 2.48. The van der Waals surface area contributed by atoms with Crippen LogP contribution in [0, 0.1) is 18.8 Å². The Morgan fingerprint density at radius 1 is 1.36 bits per heavy atom. The lowest BCUT2D eigenvalue weighted by Gasteiger charge is -2.16. The summed E-state index contributed by atoms with van der Waals surface area (Å²) in [6.45, 7) is 4.87. The zero-order valence-corrected chi connectivity index (χ0v) is 14.9. The van der Waals surface area contributed by atoms with Crippen LogP contribution in [0.4, 0.5) is 5.69 Å². The van der Waals surface area contributed by atoms with E-state index in [4.69, 9.17) is 0 Å². The van der Waals surface area contributed by atoms with Gasteiger partial charge in [-0.15, -0.1) is 0 Å². The van der Waals surface area contributed by atoms with E-state index in [1.807, 2.05) is 32.2 Å². The van der Waals surface area contributed by atoms with Crippen LogP contribution < -0.4 is 5.32 Å². The fourth-order valence-corrected chi connectivity index (χ4v) is 2.83. The van der Waals surface area contributed by atoms with Crippen molar-refractivity contribution in [1.82, 2.24) is 4.90 Å². The van der Waals surface area contributed by atoms with Gasteiger partial charge in [-0.3, -0.25) is 9.59 Å². The number of hydrogen-bond donors (Lipinski definition) is 1. The molecule has 22 heavy (non-hydrogen) atoms. The van der Waals surface area contributed by atoms with Crippen molar-refractivity contribution in [2.75, 3.05) is 18.9 Å². The molecule has 2 amide bonds. The molecule has 1 fully saturated rings. The number of hydrogen-bond acceptors (Lipinski definition) is 2. The summed E-state index contributed by atoms with van der Waals surface area (Å²) in [6.07, 6.45) is 2.73. The number of nitrogens with zero attached hydrogens (tertiary/aromatic N) is 1. The summed E-state index contributed by atoms with van der Waals surface area (Å²) >= 11 is 3.45. The smallest absolute Gasteiger partial charge is 0.228 e. The van der Waals surface area contributed by atoms with Crippen LogP contribution in [0.15, 0.2) is 22.7 Å². The van der Waals surface area contributed by atoms with Crippen molar-refractivity contribution < 1.29 is 9.59 Å². The van der Waals surface area contributed by atoms with Crippen LogP contribution in [0.25, 0.3) is 0 Å². The number of anilines is 1. The normalized spacial score (nSPS) is 19.6. The maximum Gasteiger partial charge on any atom is 0.228 e. The van der Waals surface area contributed by atoms with E-state index in [1.54, 1.807) is 4.90 Å². The molecule has 1 aromatic rings. The molecular weight excluding hydrogens is 344 g/mol. The zero-order chi connectivity index (χ0) is 16.3. The first-order valence-electron chi connectivity index (χ1n) is 7.76. The van der Waals surface area contributed by atoms with Crippen LogP contribution in [0.2, 0.25) is 0 Å². The van der Waals surface area contributed by atoms with Gasteiger partial charge in [-0.2, -0.15) is 0 Å². The SMILES string of the molecule is CCCCN(C)C(=O)C1CC1C(=O)Nc1ccc(C)c(Br)c1. The molecule has 2 unspecified atom stereocenters. The molecular formula is C17H23BrN2O2. The number of halogens is 1.